The van der Waals surface area contributed by atoms with Gasteiger partial charge >= 0.3 is 0 Å². The Hall–Kier alpha value is -0.960. The molecular weight excluding hydrogens is 280 g/mol. The zero-order valence-corrected chi connectivity index (χ0v) is 13.9. The lowest BCUT2D eigenvalue weighted by molar-refractivity contribution is 0.103. The second-order valence-electron chi connectivity index (χ2n) is 6.72. The number of hydrogen-bond donors (Lipinski definition) is 0. The standard InChI is InChI=1S/C19H29F2N/c1-3-15(2)18-6-4-16(5-7-18)14-17-8-11-22(12-9-17)13-10-19(20)21/h4-7,15,17,19H,3,8-14H2,1-2H3. The zero-order valence-electron chi connectivity index (χ0n) is 13.9. The third kappa shape index (κ3) is 5.35. The highest BCUT2D eigenvalue weighted by Gasteiger charge is 2.20. The maximum absolute atomic E-state index is 12.2. The molecule has 0 spiro atoms. The molecule has 1 aromatic carbocycles. The van der Waals surface area contributed by atoms with Gasteiger partial charge in [-0.05, 0) is 61.7 Å². The number of hydrogen-bond acceptors (Lipinski definition) is 1. The van der Waals surface area contributed by atoms with Crippen LogP contribution in [-0.4, -0.2) is 31.0 Å². The molecular formula is C19H29F2N. The predicted molar refractivity (Wildman–Crippen MR) is 88.6 cm³/mol. The number of alkyl halides is 2. The highest BCUT2D eigenvalue weighted by molar-refractivity contribution is 5.25. The Balaban J connectivity index is 1.76. The van der Waals surface area contributed by atoms with Crippen molar-refractivity contribution in [2.75, 3.05) is 19.6 Å². The Morgan fingerprint density at radius 2 is 1.77 bits per heavy atom. The maximum Gasteiger partial charge on any atom is 0.239 e. The van der Waals surface area contributed by atoms with E-state index in [0.29, 0.717) is 18.4 Å². The number of rotatable bonds is 7. The Kier molecular flexibility index (Phi) is 6.81. The molecule has 0 aromatic heterocycles. The summed E-state index contributed by atoms with van der Waals surface area (Å²) in [5, 5.41) is 0. The number of nitrogens with zero attached hydrogens (tertiary/aromatic N) is 1. The van der Waals surface area contributed by atoms with Crippen LogP contribution in [0.15, 0.2) is 24.3 Å². The van der Waals surface area contributed by atoms with Gasteiger partial charge in [0.2, 0.25) is 6.43 Å². The van der Waals surface area contributed by atoms with Crippen molar-refractivity contribution in [1.29, 1.82) is 0 Å². The molecule has 22 heavy (non-hydrogen) atoms. The molecule has 1 heterocycles. The number of likely N-dealkylation sites (tertiary alicyclic amines) is 1. The number of piperidine rings is 1. The van der Waals surface area contributed by atoms with Crippen molar-refractivity contribution in [3.05, 3.63) is 35.4 Å². The van der Waals surface area contributed by atoms with Crippen LogP contribution in [0, 0.1) is 5.92 Å². The molecule has 1 aliphatic heterocycles. The largest absolute Gasteiger partial charge is 0.303 e. The first-order valence-electron chi connectivity index (χ1n) is 8.67. The lowest BCUT2D eigenvalue weighted by Crippen LogP contribution is -2.35. The minimum Gasteiger partial charge on any atom is -0.303 e. The van der Waals surface area contributed by atoms with Crippen LogP contribution in [0.3, 0.4) is 0 Å². The Labute approximate surface area is 133 Å². The molecule has 0 bridgehead atoms. The van der Waals surface area contributed by atoms with Crippen molar-refractivity contribution in [2.45, 2.75) is 58.3 Å². The molecule has 2 rings (SSSR count). The van der Waals surface area contributed by atoms with Gasteiger partial charge in [-0.2, -0.15) is 0 Å². The molecule has 0 N–H and O–H groups in total. The van der Waals surface area contributed by atoms with E-state index in [4.69, 9.17) is 0 Å². The van der Waals surface area contributed by atoms with Crippen molar-refractivity contribution in [1.82, 2.24) is 4.90 Å². The summed E-state index contributed by atoms with van der Waals surface area (Å²) in [5.74, 6) is 1.34. The average Bonchev–Trinajstić information content (AvgIpc) is 2.54. The quantitative estimate of drug-likeness (QED) is 0.676. The van der Waals surface area contributed by atoms with Crippen molar-refractivity contribution in [2.24, 2.45) is 5.92 Å². The first kappa shape index (κ1) is 17.4. The third-order valence-electron chi connectivity index (χ3n) is 5.06. The fourth-order valence-electron chi connectivity index (χ4n) is 3.25. The lowest BCUT2D eigenvalue weighted by Gasteiger charge is -2.32. The monoisotopic (exact) mass is 309 g/mol. The molecule has 1 fully saturated rings. The molecule has 1 aromatic rings. The third-order valence-corrected chi connectivity index (χ3v) is 5.06. The fourth-order valence-corrected chi connectivity index (χ4v) is 3.25. The molecule has 1 atom stereocenters. The first-order valence-corrected chi connectivity index (χ1v) is 8.67. The smallest absolute Gasteiger partial charge is 0.239 e. The van der Waals surface area contributed by atoms with Crippen molar-refractivity contribution in [3.63, 3.8) is 0 Å². The summed E-state index contributed by atoms with van der Waals surface area (Å²) in [6, 6.07) is 9.07. The van der Waals surface area contributed by atoms with E-state index in [1.807, 2.05) is 0 Å². The minimum atomic E-state index is -2.17. The molecule has 1 unspecified atom stereocenters. The van der Waals surface area contributed by atoms with E-state index in [0.717, 1.165) is 32.4 Å². The van der Waals surface area contributed by atoms with Crippen LogP contribution < -0.4 is 0 Å². The van der Waals surface area contributed by atoms with Gasteiger partial charge in [-0.3, -0.25) is 0 Å². The predicted octanol–water partition coefficient (Wildman–Crippen LogP) is 5.11. The Bertz CT molecular complexity index is 422. The molecule has 124 valence electrons. The molecule has 0 radical (unpaired) electrons. The first-order chi connectivity index (χ1) is 10.6. The van der Waals surface area contributed by atoms with Gasteiger partial charge in [0, 0.05) is 13.0 Å². The molecule has 0 aliphatic carbocycles. The van der Waals surface area contributed by atoms with E-state index in [1.54, 1.807) is 0 Å². The summed E-state index contributed by atoms with van der Waals surface area (Å²) < 4.78 is 24.5. The number of benzene rings is 1. The molecule has 0 saturated carbocycles. The Morgan fingerprint density at radius 3 is 2.32 bits per heavy atom. The fraction of sp³-hybridized carbons (Fsp3) is 0.684. The second kappa shape index (κ2) is 8.61. The van der Waals surface area contributed by atoms with Gasteiger partial charge in [-0.15, -0.1) is 0 Å². The molecule has 1 saturated heterocycles. The van der Waals surface area contributed by atoms with E-state index in [-0.39, 0.29) is 6.42 Å². The van der Waals surface area contributed by atoms with E-state index < -0.39 is 6.43 Å². The van der Waals surface area contributed by atoms with Crippen LogP contribution in [0.25, 0.3) is 0 Å². The van der Waals surface area contributed by atoms with Crippen LogP contribution in [0.2, 0.25) is 0 Å². The summed E-state index contributed by atoms with van der Waals surface area (Å²) in [6.07, 6.45) is 2.43. The van der Waals surface area contributed by atoms with Gasteiger partial charge in [0.05, 0.1) is 0 Å². The lowest BCUT2D eigenvalue weighted by atomic mass is 9.89. The van der Waals surface area contributed by atoms with Crippen LogP contribution >= 0.6 is 0 Å². The Morgan fingerprint density at radius 1 is 1.14 bits per heavy atom. The molecule has 1 nitrogen and oxygen atoms in total. The summed E-state index contributed by atoms with van der Waals surface area (Å²) in [7, 11) is 0. The van der Waals surface area contributed by atoms with Crippen molar-refractivity contribution < 1.29 is 8.78 Å². The van der Waals surface area contributed by atoms with Gasteiger partial charge < -0.3 is 4.90 Å². The van der Waals surface area contributed by atoms with E-state index in [2.05, 4.69) is 43.0 Å². The van der Waals surface area contributed by atoms with Crippen LogP contribution in [-0.2, 0) is 6.42 Å². The van der Waals surface area contributed by atoms with Crippen molar-refractivity contribution >= 4 is 0 Å². The van der Waals surface area contributed by atoms with Gasteiger partial charge in [-0.25, -0.2) is 8.78 Å². The minimum absolute atomic E-state index is 0.0156. The maximum atomic E-state index is 12.2. The van der Waals surface area contributed by atoms with E-state index >= 15 is 0 Å². The second-order valence-corrected chi connectivity index (χ2v) is 6.72. The average molecular weight is 309 g/mol. The summed E-state index contributed by atoms with van der Waals surface area (Å²) in [4.78, 5) is 2.19. The normalized spacial score (nSPS) is 18.8. The SMILES string of the molecule is CCC(C)c1ccc(CC2CCN(CCC(F)F)CC2)cc1. The van der Waals surface area contributed by atoms with Gasteiger partial charge in [0.15, 0.2) is 0 Å². The topological polar surface area (TPSA) is 3.24 Å². The highest BCUT2D eigenvalue weighted by Crippen LogP contribution is 2.24. The zero-order chi connectivity index (χ0) is 15.9. The molecule has 3 heteroatoms. The van der Waals surface area contributed by atoms with Crippen LogP contribution in [0.1, 0.15) is 56.6 Å². The van der Waals surface area contributed by atoms with Crippen LogP contribution in [0.4, 0.5) is 8.78 Å². The summed E-state index contributed by atoms with van der Waals surface area (Å²) >= 11 is 0. The number of halogens is 2. The summed E-state index contributed by atoms with van der Waals surface area (Å²) in [5.41, 5.74) is 2.84. The van der Waals surface area contributed by atoms with E-state index in [9.17, 15) is 8.78 Å². The van der Waals surface area contributed by atoms with Gasteiger partial charge in [-0.1, -0.05) is 38.1 Å². The van der Waals surface area contributed by atoms with Crippen LogP contribution in [0.5, 0.6) is 0 Å². The van der Waals surface area contributed by atoms with Crippen molar-refractivity contribution in [3.8, 4) is 0 Å². The molecule has 0 amide bonds. The highest BCUT2D eigenvalue weighted by atomic mass is 19.3. The molecule has 1 aliphatic rings. The van der Waals surface area contributed by atoms with Gasteiger partial charge in [0.25, 0.3) is 0 Å². The van der Waals surface area contributed by atoms with E-state index in [1.165, 1.54) is 17.5 Å². The summed E-state index contributed by atoms with van der Waals surface area (Å²) in [6.45, 7) is 6.99. The van der Waals surface area contributed by atoms with Gasteiger partial charge in [0.1, 0.15) is 0 Å².